The number of nitrogens with zero attached hydrogens (tertiary/aromatic N) is 1. The molecule has 0 bridgehead atoms. The van der Waals surface area contributed by atoms with E-state index in [0.717, 1.165) is 12.0 Å². The van der Waals surface area contributed by atoms with E-state index in [0.29, 0.717) is 6.42 Å². The molecule has 3 N–H and O–H groups in total. The molecule has 4 nitrogen and oxygen atoms in total. The largest absolute Gasteiger partial charge is 0.348 e. The number of hydrogen-bond acceptors (Lipinski definition) is 3. The molecular formula is C13H21N3O. The van der Waals surface area contributed by atoms with Gasteiger partial charge in [0.15, 0.2) is 0 Å². The first-order valence-electron chi connectivity index (χ1n) is 5.97. The van der Waals surface area contributed by atoms with Crippen LogP contribution in [-0.4, -0.2) is 16.4 Å². The van der Waals surface area contributed by atoms with Crippen molar-refractivity contribution < 1.29 is 4.79 Å². The Balaban J connectivity index is 2.63. The molecule has 94 valence electrons. The molecule has 0 saturated heterocycles. The summed E-state index contributed by atoms with van der Waals surface area (Å²) in [7, 11) is 0. The van der Waals surface area contributed by atoms with Crippen molar-refractivity contribution in [2.45, 2.75) is 45.2 Å². The van der Waals surface area contributed by atoms with E-state index < -0.39 is 5.54 Å². The fourth-order valence-electron chi connectivity index (χ4n) is 1.71. The van der Waals surface area contributed by atoms with Crippen molar-refractivity contribution in [3.05, 3.63) is 30.1 Å². The van der Waals surface area contributed by atoms with Crippen molar-refractivity contribution in [3.8, 4) is 0 Å². The monoisotopic (exact) mass is 235 g/mol. The maximum Gasteiger partial charge on any atom is 0.240 e. The van der Waals surface area contributed by atoms with E-state index in [2.05, 4.69) is 10.3 Å². The fourth-order valence-corrected chi connectivity index (χ4v) is 1.71. The maximum atomic E-state index is 12.0. The molecule has 1 aromatic heterocycles. The van der Waals surface area contributed by atoms with Gasteiger partial charge in [-0.3, -0.25) is 9.78 Å². The van der Waals surface area contributed by atoms with Crippen LogP contribution >= 0.6 is 0 Å². The van der Waals surface area contributed by atoms with Gasteiger partial charge in [0.1, 0.15) is 0 Å². The van der Waals surface area contributed by atoms with Gasteiger partial charge in [-0.2, -0.15) is 0 Å². The number of amides is 1. The Morgan fingerprint density at radius 1 is 1.65 bits per heavy atom. The highest BCUT2D eigenvalue weighted by molar-refractivity contribution is 5.85. The summed E-state index contributed by atoms with van der Waals surface area (Å²) < 4.78 is 0. The molecule has 0 aliphatic rings. The number of nitrogens with two attached hydrogens (primary N) is 1. The van der Waals surface area contributed by atoms with E-state index in [1.807, 2.05) is 26.0 Å². The number of carbonyl (C=O) groups is 1. The van der Waals surface area contributed by atoms with Crippen LogP contribution < -0.4 is 11.1 Å². The van der Waals surface area contributed by atoms with Crippen LogP contribution in [0.5, 0.6) is 0 Å². The minimum Gasteiger partial charge on any atom is -0.348 e. The molecule has 0 spiro atoms. The van der Waals surface area contributed by atoms with Gasteiger partial charge in [-0.25, -0.2) is 0 Å². The molecule has 1 rings (SSSR count). The smallest absolute Gasteiger partial charge is 0.240 e. The number of nitrogens with one attached hydrogen (secondary N) is 1. The van der Waals surface area contributed by atoms with Crippen LogP contribution in [0.2, 0.25) is 0 Å². The first kappa shape index (κ1) is 13.6. The van der Waals surface area contributed by atoms with Gasteiger partial charge in [0, 0.05) is 12.4 Å². The molecule has 0 aromatic carbocycles. The van der Waals surface area contributed by atoms with E-state index in [1.165, 1.54) is 0 Å². The molecule has 0 saturated carbocycles. The minimum absolute atomic E-state index is 0.0732. The van der Waals surface area contributed by atoms with Gasteiger partial charge >= 0.3 is 0 Å². The summed E-state index contributed by atoms with van der Waals surface area (Å²) in [5.41, 5.74) is 6.15. The Kier molecular flexibility index (Phi) is 4.63. The standard InChI is InChI=1S/C13H21N3O/c1-4-7-13(3,14)12(17)16-10(2)11-6-5-8-15-9-11/h5-6,8-10H,4,7,14H2,1-3H3,(H,16,17)/t10-,13?/m0/s1. The number of pyridine rings is 1. The van der Waals surface area contributed by atoms with Gasteiger partial charge in [0.2, 0.25) is 5.91 Å². The van der Waals surface area contributed by atoms with Gasteiger partial charge in [0.05, 0.1) is 11.6 Å². The molecule has 2 atom stereocenters. The summed E-state index contributed by atoms with van der Waals surface area (Å²) in [5, 5.41) is 2.92. The van der Waals surface area contributed by atoms with E-state index in [9.17, 15) is 4.79 Å². The number of rotatable bonds is 5. The maximum absolute atomic E-state index is 12.0. The first-order valence-corrected chi connectivity index (χ1v) is 5.97. The average Bonchev–Trinajstić information content (AvgIpc) is 2.30. The zero-order valence-corrected chi connectivity index (χ0v) is 10.7. The molecule has 0 fully saturated rings. The van der Waals surface area contributed by atoms with Crippen LogP contribution in [-0.2, 0) is 4.79 Å². The van der Waals surface area contributed by atoms with Crippen LogP contribution in [0.15, 0.2) is 24.5 Å². The molecule has 1 unspecified atom stereocenters. The topological polar surface area (TPSA) is 68.0 Å². The summed E-state index contributed by atoms with van der Waals surface area (Å²) in [5.74, 6) is -0.115. The van der Waals surface area contributed by atoms with Crippen LogP contribution in [0.25, 0.3) is 0 Å². The predicted octanol–water partition coefficient (Wildman–Crippen LogP) is 1.78. The van der Waals surface area contributed by atoms with Gasteiger partial charge < -0.3 is 11.1 Å². The molecule has 4 heteroatoms. The van der Waals surface area contributed by atoms with Crippen molar-refractivity contribution in [1.82, 2.24) is 10.3 Å². The highest BCUT2D eigenvalue weighted by Gasteiger charge is 2.28. The third-order valence-electron chi connectivity index (χ3n) is 2.82. The van der Waals surface area contributed by atoms with Crippen molar-refractivity contribution in [1.29, 1.82) is 0 Å². The normalized spacial score (nSPS) is 16.0. The molecule has 1 amide bonds. The lowest BCUT2D eigenvalue weighted by Gasteiger charge is -2.25. The van der Waals surface area contributed by atoms with Gasteiger partial charge in [-0.05, 0) is 31.9 Å². The van der Waals surface area contributed by atoms with Crippen molar-refractivity contribution in [2.24, 2.45) is 5.73 Å². The minimum atomic E-state index is -0.800. The molecule has 1 aromatic rings. The summed E-state index contributed by atoms with van der Waals surface area (Å²) in [6.45, 7) is 5.71. The van der Waals surface area contributed by atoms with Crippen molar-refractivity contribution >= 4 is 5.91 Å². The summed E-state index contributed by atoms with van der Waals surface area (Å²) in [4.78, 5) is 16.0. The molecule has 1 heterocycles. The lowest BCUT2D eigenvalue weighted by Crippen LogP contribution is -2.52. The Morgan fingerprint density at radius 2 is 2.35 bits per heavy atom. The summed E-state index contributed by atoms with van der Waals surface area (Å²) in [6, 6.07) is 3.72. The molecule has 0 radical (unpaired) electrons. The van der Waals surface area contributed by atoms with Gasteiger partial charge in [-0.15, -0.1) is 0 Å². The van der Waals surface area contributed by atoms with E-state index in [-0.39, 0.29) is 11.9 Å². The fraction of sp³-hybridized carbons (Fsp3) is 0.538. The van der Waals surface area contributed by atoms with Crippen LogP contribution in [0.4, 0.5) is 0 Å². The Hall–Kier alpha value is -1.42. The van der Waals surface area contributed by atoms with E-state index in [1.54, 1.807) is 19.3 Å². The average molecular weight is 235 g/mol. The third-order valence-corrected chi connectivity index (χ3v) is 2.82. The van der Waals surface area contributed by atoms with Gasteiger partial charge in [-0.1, -0.05) is 19.4 Å². The van der Waals surface area contributed by atoms with Gasteiger partial charge in [0.25, 0.3) is 0 Å². The van der Waals surface area contributed by atoms with E-state index in [4.69, 9.17) is 5.73 Å². The zero-order valence-electron chi connectivity index (χ0n) is 10.7. The van der Waals surface area contributed by atoms with E-state index >= 15 is 0 Å². The third kappa shape index (κ3) is 3.82. The summed E-state index contributed by atoms with van der Waals surface area (Å²) in [6.07, 6.45) is 5.03. The molecule has 0 aliphatic carbocycles. The lowest BCUT2D eigenvalue weighted by molar-refractivity contribution is -0.126. The highest BCUT2D eigenvalue weighted by atomic mass is 16.2. The zero-order chi connectivity index (χ0) is 12.9. The second kappa shape index (κ2) is 5.77. The second-order valence-electron chi connectivity index (χ2n) is 4.65. The van der Waals surface area contributed by atoms with Crippen LogP contribution in [0.1, 0.15) is 45.2 Å². The number of aromatic nitrogens is 1. The SMILES string of the molecule is CCCC(C)(N)C(=O)N[C@@H](C)c1cccnc1. The van der Waals surface area contributed by atoms with Crippen molar-refractivity contribution in [3.63, 3.8) is 0 Å². The van der Waals surface area contributed by atoms with Crippen LogP contribution in [0, 0.1) is 0 Å². The lowest BCUT2D eigenvalue weighted by atomic mass is 9.96. The van der Waals surface area contributed by atoms with Crippen molar-refractivity contribution in [2.75, 3.05) is 0 Å². The Bertz CT molecular complexity index is 362. The molecule has 17 heavy (non-hydrogen) atoms. The Labute approximate surface area is 103 Å². The number of carbonyl (C=O) groups excluding carboxylic acids is 1. The summed E-state index contributed by atoms with van der Waals surface area (Å²) >= 11 is 0. The Morgan fingerprint density at radius 3 is 2.88 bits per heavy atom. The number of hydrogen-bond donors (Lipinski definition) is 2. The molecular weight excluding hydrogens is 214 g/mol. The molecule has 0 aliphatic heterocycles. The predicted molar refractivity (Wildman–Crippen MR) is 68.3 cm³/mol. The second-order valence-corrected chi connectivity index (χ2v) is 4.65. The quantitative estimate of drug-likeness (QED) is 0.817. The highest BCUT2D eigenvalue weighted by Crippen LogP contribution is 2.14. The first-order chi connectivity index (χ1) is 7.97. The van der Waals surface area contributed by atoms with Crippen LogP contribution in [0.3, 0.4) is 0 Å².